The molecule has 2 aromatic rings. The molecule has 0 spiro atoms. The summed E-state index contributed by atoms with van der Waals surface area (Å²) < 4.78 is 11.1. The van der Waals surface area contributed by atoms with Crippen molar-refractivity contribution in [3.63, 3.8) is 0 Å². The lowest BCUT2D eigenvalue weighted by Crippen LogP contribution is -2.05. The summed E-state index contributed by atoms with van der Waals surface area (Å²) >= 11 is 0. The first kappa shape index (κ1) is 13.4. The van der Waals surface area contributed by atoms with Gasteiger partial charge in [0.25, 0.3) is 0 Å². The molecule has 0 bridgehead atoms. The number of ether oxygens (including phenoxy) is 1. The number of carbonyl (C=O) groups is 1. The molecule has 3 nitrogen and oxygen atoms in total. The molecule has 0 amide bonds. The number of benzene rings is 1. The predicted molar refractivity (Wildman–Crippen MR) is 73.7 cm³/mol. The molecule has 0 aliphatic heterocycles. The number of furan rings is 1. The molecule has 0 unspecified atom stereocenters. The van der Waals surface area contributed by atoms with Crippen LogP contribution in [0.3, 0.4) is 0 Å². The highest BCUT2D eigenvalue weighted by Crippen LogP contribution is 2.19. The summed E-state index contributed by atoms with van der Waals surface area (Å²) in [6, 6.07) is 11.5. The van der Waals surface area contributed by atoms with Crippen LogP contribution in [0.1, 0.15) is 42.6 Å². The van der Waals surface area contributed by atoms with Crippen LogP contribution in [0.2, 0.25) is 0 Å². The van der Waals surface area contributed by atoms with E-state index in [1.165, 1.54) is 6.92 Å². The molecule has 19 heavy (non-hydrogen) atoms. The van der Waals surface area contributed by atoms with Crippen LogP contribution in [0.4, 0.5) is 0 Å². The highest BCUT2D eigenvalue weighted by Gasteiger charge is 2.07. The molecule has 0 atom stereocenters. The van der Waals surface area contributed by atoms with Crippen LogP contribution in [0, 0.1) is 0 Å². The van der Waals surface area contributed by atoms with E-state index in [0.29, 0.717) is 12.2 Å². The van der Waals surface area contributed by atoms with Crippen LogP contribution in [-0.4, -0.2) is 11.9 Å². The number of carbonyl (C=O) groups excluding carboxylic acids is 1. The lowest BCUT2D eigenvalue weighted by Gasteiger charge is -2.10. The molecule has 3 heteroatoms. The average Bonchev–Trinajstić information content (AvgIpc) is 2.77. The topological polar surface area (TPSA) is 39.4 Å². The lowest BCUT2D eigenvalue weighted by atomic mass is 10.1. The van der Waals surface area contributed by atoms with E-state index in [4.69, 9.17) is 9.15 Å². The molecule has 0 fully saturated rings. The van der Waals surface area contributed by atoms with Gasteiger partial charge in [0.05, 0.1) is 6.10 Å². The van der Waals surface area contributed by atoms with Crippen molar-refractivity contribution in [2.24, 2.45) is 0 Å². The minimum atomic E-state index is -0.0526. The SMILES string of the molecule is CC(=O)c1ccc(Cc2cccc(OC(C)C)c2)o1. The Morgan fingerprint density at radius 1 is 1.26 bits per heavy atom. The van der Waals surface area contributed by atoms with Gasteiger partial charge in [-0.3, -0.25) is 4.79 Å². The fourth-order valence-electron chi connectivity index (χ4n) is 1.86. The van der Waals surface area contributed by atoms with E-state index >= 15 is 0 Å². The van der Waals surface area contributed by atoms with Crippen LogP contribution in [0.5, 0.6) is 5.75 Å². The molecule has 0 radical (unpaired) electrons. The third kappa shape index (κ3) is 3.71. The van der Waals surface area contributed by atoms with Gasteiger partial charge in [-0.25, -0.2) is 0 Å². The zero-order valence-corrected chi connectivity index (χ0v) is 11.5. The Morgan fingerprint density at radius 2 is 2.05 bits per heavy atom. The molecule has 0 saturated heterocycles. The van der Waals surface area contributed by atoms with E-state index in [0.717, 1.165) is 17.1 Å². The predicted octanol–water partition coefficient (Wildman–Crippen LogP) is 3.86. The number of rotatable bonds is 5. The monoisotopic (exact) mass is 258 g/mol. The van der Waals surface area contributed by atoms with E-state index in [2.05, 4.69) is 0 Å². The fourth-order valence-corrected chi connectivity index (χ4v) is 1.86. The third-order valence-corrected chi connectivity index (χ3v) is 2.66. The van der Waals surface area contributed by atoms with E-state index in [1.54, 1.807) is 6.07 Å². The quantitative estimate of drug-likeness (QED) is 0.764. The number of hydrogen-bond acceptors (Lipinski definition) is 3. The van der Waals surface area contributed by atoms with Gasteiger partial charge in [0.2, 0.25) is 0 Å². The maximum atomic E-state index is 11.2. The zero-order chi connectivity index (χ0) is 13.8. The van der Waals surface area contributed by atoms with Crippen LogP contribution in [0.25, 0.3) is 0 Å². The Labute approximate surface area is 113 Å². The highest BCUT2D eigenvalue weighted by molar-refractivity contribution is 5.91. The van der Waals surface area contributed by atoms with Gasteiger partial charge < -0.3 is 9.15 Å². The fraction of sp³-hybridized carbons (Fsp3) is 0.312. The van der Waals surface area contributed by atoms with E-state index < -0.39 is 0 Å². The second-order valence-corrected chi connectivity index (χ2v) is 4.81. The van der Waals surface area contributed by atoms with Gasteiger partial charge in [-0.05, 0) is 43.7 Å². The van der Waals surface area contributed by atoms with Gasteiger partial charge in [-0.2, -0.15) is 0 Å². The molecule has 2 rings (SSSR count). The van der Waals surface area contributed by atoms with Crippen molar-refractivity contribution in [1.29, 1.82) is 0 Å². The van der Waals surface area contributed by atoms with Gasteiger partial charge in [0.15, 0.2) is 11.5 Å². The second-order valence-electron chi connectivity index (χ2n) is 4.81. The molecule has 0 aliphatic carbocycles. The summed E-state index contributed by atoms with van der Waals surface area (Å²) in [7, 11) is 0. The summed E-state index contributed by atoms with van der Waals surface area (Å²) in [6.07, 6.45) is 0.811. The summed E-state index contributed by atoms with van der Waals surface area (Å²) in [5, 5.41) is 0. The molecule has 1 heterocycles. The van der Waals surface area contributed by atoms with Crippen LogP contribution in [0.15, 0.2) is 40.8 Å². The molecular formula is C16H18O3. The highest BCUT2D eigenvalue weighted by atomic mass is 16.5. The second kappa shape index (κ2) is 5.74. The van der Waals surface area contributed by atoms with Crippen molar-refractivity contribution in [3.05, 3.63) is 53.5 Å². The van der Waals surface area contributed by atoms with Crippen molar-refractivity contribution < 1.29 is 13.9 Å². The first-order valence-electron chi connectivity index (χ1n) is 6.40. The van der Waals surface area contributed by atoms with Crippen LogP contribution in [-0.2, 0) is 6.42 Å². The number of ketones is 1. The van der Waals surface area contributed by atoms with Crippen LogP contribution >= 0.6 is 0 Å². The largest absolute Gasteiger partial charge is 0.491 e. The zero-order valence-electron chi connectivity index (χ0n) is 11.5. The smallest absolute Gasteiger partial charge is 0.194 e. The summed E-state index contributed by atoms with van der Waals surface area (Å²) in [6.45, 7) is 5.50. The van der Waals surface area contributed by atoms with Gasteiger partial charge in [-0.1, -0.05) is 12.1 Å². The molecule has 100 valence electrons. The molecule has 0 aliphatic rings. The van der Waals surface area contributed by atoms with E-state index in [9.17, 15) is 4.79 Å². The van der Waals surface area contributed by atoms with Crippen molar-refractivity contribution in [1.82, 2.24) is 0 Å². The molecule has 1 aromatic heterocycles. The summed E-state index contributed by atoms with van der Waals surface area (Å²) in [4.78, 5) is 11.2. The van der Waals surface area contributed by atoms with Gasteiger partial charge in [-0.15, -0.1) is 0 Å². The normalized spacial score (nSPS) is 10.7. The van der Waals surface area contributed by atoms with Gasteiger partial charge in [0, 0.05) is 13.3 Å². The first-order valence-corrected chi connectivity index (χ1v) is 6.40. The summed E-state index contributed by atoms with van der Waals surface area (Å²) in [5.74, 6) is 1.99. The number of Topliss-reactive ketones (excluding diaryl/α,β-unsaturated/α-hetero) is 1. The average molecular weight is 258 g/mol. The molecule has 1 aromatic carbocycles. The maximum Gasteiger partial charge on any atom is 0.194 e. The van der Waals surface area contributed by atoms with Crippen molar-refractivity contribution in [3.8, 4) is 5.75 Å². The Hall–Kier alpha value is -2.03. The molecular weight excluding hydrogens is 240 g/mol. The third-order valence-electron chi connectivity index (χ3n) is 2.66. The minimum absolute atomic E-state index is 0.0526. The molecule has 0 N–H and O–H groups in total. The van der Waals surface area contributed by atoms with E-state index in [-0.39, 0.29) is 11.9 Å². The van der Waals surface area contributed by atoms with Gasteiger partial charge in [0.1, 0.15) is 11.5 Å². The molecule has 0 saturated carbocycles. The van der Waals surface area contributed by atoms with Crippen LogP contribution < -0.4 is 4.74 Å². The van der Waals surface area contributed by atoms with Gasteiger partial charge >= 0.3 is 0 Å². The van der Waals surface area contributed by atoms with Crippen molar-refractivity contribution >= 4 is 5.78 Å². The van der Waals surface area contributed by atoms with E-state index in [1.807, 2.05) is 44.2 Å². The van der Waals surface area contributed by atoms with Crippen molar-refractivity contribution in [2.45, 2.75) is 33.3 Å². The Bertz CT molecular complexity index is 567. The lowest BCUT2D eigenvalue weighted by molar-refractivity contribution is 0.0985. The Kier molecular flexibility index (Phi) is 4.05. The Balaban J connectivity index is 2.11. The standard InChI is InChI=1S/C16H18O3/c1-11(2)18-14-6-4-5-13(9-14)10-15-7-8-16(19-15)12(3)17/h4-9,11H,10H2,1-3H3. The first-order chi connectivity index (χ1) is 9.04. The maximum absolute atomic E-state index is 11.2. The minimum Gasteiger partial charge on any atom is -0.491 e. The van der Waals surface area contributed by atoms with Crippen molar-refractivity contribution in [2.75, 3.05) is 0 Å². The Morgan fingerprint density at radius 3 is 2.68 bits per heavy atom. The summed E-state index contributed by atoms with van der Waals surface area (Å²) in [5.41, 5.74) is 1.10. The number of hydrogen-bond donors (Lipinski definition) is 0.